The van der Waals surface area contributed by atoms with Crippen molar-refractivity contribution in [1.29, 1.82) is 0 Å². The van der Waals surface area contributed by atoms with Gasteiger partial charge in [0.05, 0.1) is 23.6 Å². The van der Waals surface area contributed by atoms with Crippen LogP contribution in [0.5, 0.6) is 0 Å². The number of aromatic amines is 1. The number of carbonyl (C=O) groups excluding carboxylic acids is 1. The predicted octanol–water partition coefficient (Wildman–Crippen LogP) is 4.42. The largest absolute Gasteiger partial charge is 0.465 e. The van der Waals surface area contributed by atoms with E-state index in [9.17, 15) is 4.79 Å². The molecule has 5 rings (SSSR count). The lowest BCUT2D eigenvalue weighted by molar-refractivity contribution is 0.0600. The third-order valence-corrected chi connectivity index (χ3v) is 6.95. The van der Waals surface area contributed by atoms with Gasteiger partial charge < -0.3 is 19.5 Å². The van der Waals surface area contributed by atoms with Gasteiger partial charge in [0.2, 0.25) is 0 Å². The van der Waals surface area contributed by atoms with E-state index in [0.717, 1.165) is 66.1 Å². The lowest BCUT2D eigenvalue weighted by atomic mass is 10.0. The zero-order valence-corrected chi connectivity index (χ0v) is 20.7. The van der Waals surface area contributed by atoms with Gasteiger partial charge in [0, 0.05) is 26.2 Å². The van der Waals surface area contributed by atoms with Gasteiger partial charge in [-0.1, -0.05) is 24.6 Å². The molecule has 0 spiro atoms. The van der Waals surface area contributed by atoms with Crippen LogP contribution < -0.4 is 4.90 Å². The molecule has 8 nitrogen and oxygen atoms in total. The highest BCUT2D eigenvalue weighted by Crippen LogP contribution is 2.31. The molecule has 0 saturated carbocycles. The van der Waals surface area contributed by atoms with Crippen molar-refractivity contribution < 1.29 is 9.53 Å². The molecule has 0 unspecified atom stereocenters. The number of methoxy groups -OCH3 is 1. The van der Waals surface area contributed by atoms with Gasteiger partial charge in [-0.25, -0.2) is 14.8 Å². The first kappa shape index (κ1) is 23.5. The number of esters is 1. The number of fused-ring (bicyclic) bond motifs is 3. The molecule has 1 saturated heterocycles. The molecule has 1 aliphatic heterocycles. The Morgan fingerprint density at radius 1 is 1.20 bits per heavy atom. The first-order chi connectivity index (χ1) is 17.1. The van der Waals surface area contributed by atoms with E-state index in [1.165, 1.54) is 45.0 Å². The number of aromatic nitrogens is 4. The maximum absolute atomic E-state index is 12.0. The van der Waals surface area contributed by atoms with Crippen LogP contribution in [-0.4, -0.2) is 71.1 Å². The Kier molecular flexibility index (Phi) is 7.08. The van der Waals surface area contributed by atoms with Crippen LogP contribution in [0.2, 0.25) is 0 Å². The number of rotatable bonds is 8. The van der Waals surface area contributed by atoms with Gasteiger partial charge in [-0.05, 0) is 63.4 Å². The predicted molar refractivity (Wildman–Crippen MR) is 139 cm³/mol. The summed E-state index contributed by atoms with van der Waals surface area (Å²) in [6.07, 6.45) is 16.1. The highest BCUT2D eigenvalue weighted by atomic mass is 16.5. The fourth-order valence-corrected chi connectivity index (χ4v) is 5.08. The van der Waals surface area contributed by atoms with Crippen molar-refractivity contribution in [1.82, 2.24) is 24.8 Å². The summed E-state index contributed by atoms with van der Waals surface area (Å²) in [6.45, 7) is 4.43. The van der Waals surface area contributed by atoms with E-state index < -0.39 is 5.97 Å². The Labute approximate surface area is 206 Å². The number of pyridine rings is 1. The first-order valence-corrected chi connectivity index (χ1v) is 12.7. The molecule has 0 radical (unpaired) electrons. The van der Waals surface area contributed by atoms with Crippen LogP contribution in [0.25, 0.3) is 22.1 Å². The van der Waals surface area contributed by atoms with Crippen molar-refractivity contribution in [2.75, 3.05) is 45.2 Å². The van der Waals surface area contributed by atoms with Crippen molar-refractivity contribution in [3.63, 3.8) is 0 Å². The van der Waals surface area contributed by atoms with Crippen LogP contribution in [0.4, 0.5) is 5.82 Å². The van der Waals surface area contributed by atoms with Crippen LogP contribution in [0.3, 0.4) is 0 Å². The maximum atomic E-state index is 12.0. The summed E-state index contributed by atoms with van der Waals surface area (Å²) in [6, 6.07) is 1.78. The summed E-state index contributed by atoms with van der Waals surface area (Å²) in [5, 5.41) is 0.897. The van der Waals surface area contributed by atoms with Gasteiger partial charge in [-0.3, -0.25) is 4.98 Å². The topological polar surface area (TPSA) is 87.2 Å². The second kappa shape index (κ2) is 10.6. The zero-order chi connectivity index (χ0) is 24.2. The Hall–Kier alpha value is -3.26. The fourth-order valence-electron chi connectivity index (χ4n) is 5.08. The second-order valence-corrected chi connectivity index (χ2v) is 9.54. The molecule has 3 aromatic heterocycles. The minimum atomic E-state index is -0.407. The van der Waals surface area contributed by atoms with Crippen molar-refractivity contribution in [3.8, 4) is 0 Å². The molecular weight excluding hydrogens is 440 g/mol. The number of hydrogen-bond acceptors (Lipinski definition) is 7. The summed E-state index contributed by atoms with van der Waals surface area (Å²) in [5.41, 5.74) is 3.94. The molecule has 184 valence electrons. The first-order valence-electron chi connectivity index (χ1n) is 12.7. The Balaban J connectivity index is 1.48. The normalized spacial score (nSPS) is 16.6. The van der Waals surface area contributed by atoms with Crippen LogP contribution in [-0.2, 0) is 11.2 Å². The molecule has 1 fully saturated rings. The highest BCUT2D eigenvalue weighted by Gasteiger charge is 2.20. The number of piperidine rings is 1. The minimum absolute atomic E-state index is 0.407. The maximum Gasteiger partial charge on any atom is 0.339 e. The third kappa shape index (κ3) is 5.22. The number of allylic oxidation sites excluding steroid dienone is 4. The van der Waals surface area contributed by atoms with E-state index in [4.69, 9.17) is 14.7 Å². The second-order valence-electron chi connectivity index (χ2n) is 9.54. The third-order valence-electron chi connectivity index (χ3n) is 6.95. The van der Waals surface area contributed by atoms with E-state index in [-0.39, 0.29) is 0 Å². The van der Waals surface area contributed by atoms with Crippen LogP contribution >= 0.6 is 0 Å². The molecular formula is C27H34N6O2. The van der Waals surface area contributed by atoms with Gasteiger partial charge in [0.25, 0.3) is 0 Å². The average molecular weight is 475 g/mol. The van der Waals surface area contributed by atoms with Crippen LogP contribution in [0, 0.1) is 0 Å². The quantitative estimate of drug-likeness (QED) is 0.484. The van der Waals surface area contributed by atoms with Crippen molar-refractivity contribution >= 4 is 33.9 Å². The molecule has 0 aromatic carbocycles. The van der Waals surface area contributed by atoms with Gasteiger partial charge >= 0.3 is 5.97 Å². The molecule has 2 aliphatic rings. The Bertz CT molecular complexity index is 1270. The summed E-state index contributed by atoms with van der Waals surface area (Å²) < 4.78 is 4.87. The van der Waals surface area contributed by atoms with Gasteiger partial charge in [-0.15, -0.1) is 0 Å². The molecule has 1 aliphatic carbocycles. The zero-order valence-electron chi connectivity index (χ0n) is 20.7. The molecule has 0 atom stereocenters. The summed E-state index contributed by atoms with van der Waals surface area (Å²) in [5.74, 6) is 1.26. The number of anilines is 1. The molecule has 8 heteroatoms. The number of likely N-dealkylation sites (tertiary alicyclic amines) is 1. The number of nitrogens with one attached hydrogen (secondary N) is 1. The number of H-pyrrole nitrogens is 1. The monoisotopic (exact) mass is 474 g/mol. The minimum Gasteiger partial charge on any atom is -0.465 e. The van der Waals surface area contributed by atoms with Crippen LogP contribution in [0.1, 0.15) is 54.7 Å². The van der Waals surface area contributed by atoms with E-state index in [1.54, 1.807) is 12.3 Å². The Morgan fingerprint density at radius 2 is 2.06 bits per heavy atom. The number of ether oxygens (including phenoxy) is 1. The van der Waals surface area contributed by atoms with Crippen molar-refractivity contribution in [2.45, 2.75) is 44.9 Å². The highest BCUT2D eigenvalue weighted by molar-refractivity contribution is 6.10. The number of hydrogen-bond donors (Lipinski definition) is 1. The Morgan fingerprint density at radius 3 is 2.83 bits per heavy atom. The molecule has 35 heavy (non-hydrogen) atoms. The van der Waals surface area contributed by atoms with Crippen LogP contribution in [0.15, 0.2) is 36.1 Å². The number of carbonyl (C=O) groups is 1. The summed E-state index contributed by atoms with van der Waals surface area (Å²) in [7, 11) is 3.48. The molecule has 0 bridgehead atoms. The van der Waals surface area contributed by atoms with E-state index in [0.29, 0.717) is 12.0 Å². The van der Waals surface area contributed by atoms with E-state index >= 15 is 0 Å². The standard InChI is InChI=1S/C27H34N6O2/c1-32(12-9-15-33-13-7-4-8-14-33)26-23-24-21(17-20(18-28-24)27(34)35-2)29-25(23)30-22(31-26)16-19-10-5-3-6-11-19/h5,10-11,17-18H,3-4,6-9,12-16H2,1-2H3,(H,29,30,31). The van der Waals surface area contributed by atoms with E-state index in [1.807, 2.05) is 0 Å². The molecule has 4 heterocycles. The fraction of sp³-hybridized carbons (Fsp3) is 0.481. The number of nitrogens with zero attached hydrogens (tertiary/aromatic N) is 5. The lowest BCUT2D eigenvalue weighted by Crippen LogP contribution is -2.32. The van der Waals surface area contributed by atoms with Crippen molar-refractivity contribution in [3.05, 3.63) is 47.5 Å². The summed E-state index contributed by atoms with van der Waals surface area (Å²) in [4.78, 5) is 34.7. The molecule has 3 aromatic rings. The average Bonchev–Trinajstić information content (AvgIpc) is 3.26. The van der Waals surface area contributed by atoms with Gasteiger partial charge in [0.15, 0.2) is 0 Å². The smallest absolute Gasteiger partial charge is 0.339 e. The van der Waals surface area contributed by atoms with Gasteiger partial charge in [0.1, 0.15) is 22.8 Å². The van der Waals surface area contributed by atoms with Crippen molar-refractivity contribution in [2.24, 2.45) is 0 Å². The van der Waals surface area contributed by atoms with E-state index in [2.05, 4.69) is 45.0 Å². The molecule has 0 amide bonds. The lowest BCUT2D eigenvalue weighted by Gasteiger charge is -2.27. The van der Waals surface area contributed by atoms with Gasteiger partial charge in [-0.2, -0.15) is 0 Å². The summed E-state index contributed by atoms with van der Waals surface area (Å²) >= 11 is 0. The molecule has 1 N–H and O–H groups in total. The SMILES string of the molecule is COC(=O)c1cnc2c(c1)[nH]c1nc(CC3=CCCC=C3)nc(N(C)CCCN3CCCCC3)c12.